The first-order valence-electron chi connectivity index (χ1n) is 8.90. The van der Waals surface area contributed by atoms with Gasteiger partial charge < -0.3 is 10.2 Å². The normalized spacial score (nSPS) is 15.3. The summed E-state index contributed by atoms with van der Waals surface area (Å²) < 4.78 is 28.3. The number of fused-ring (bicyclic) bond motifs is 1. The van der Waals surface area contributed by atoms with Gasteiger partial charge in [0.2, 0.25) is 0 Å². The number of anilines is 1. The lowest BCUT2D eigenvalue weighted by Gasteiger charge is -2.29. The van der Waals surface area contributed by atoms with Gasteiger partial charge in [-0.1, -0.05) is 24.3 Å². The van der Waals surface area contributed by atoms with Gasteiger partial charge in [0.25, 0.3) is 11.5 Å². The molecule has 3 heterocycles. The van der Waals surface area contributed by atoms with Crippen LogP contribution in [0, 0.1) is 0 Å². The Bertz CT molecular complexity index is 1020. The maximum Gasteiger partial charge on any atom is 0.270 e. The Morgan fingerprint density at radius 3 is 2.44 bits per heavy atom. The molecule has 0 unspecified atom stereocenters. The van der Waals surface area contributed by atoms with Crippen molar-refractivity contribution in [1.82, 2.24) is 14.7 Å². The molecule has 27 heavy (non-hydrogen) atoms. The molecule has 5 nitrogen and oxygen atoms in total. The lowest BCUT2D eigenvalue weighted by molar-refractivity contribution is 0.0175. The smallest absolute Gasteiger partial charge is 0.270 e. The van der Waals surface area contributed by atoms with E-state index in [9.17, 15) is 13.6 Å². The first-order chi connectivity index (χ1) is 12.9. The molecule has 0 saturated carbocycles. The highest BCUT2D eigenvalue weighted by Gasteiger charge is 2.23. The van der Waals surface area contributed by atoms with Gasteiger partial charge >= 0.3 is 0 Å². The second kappa shape index (κ2) is 6.74. The minimum atomic E-state index is -2.89. The van der Waals surface area contributed by atoms with E-state index in [2.05, 4.69) is 15.2 Å². The molecule has 1 aliphatic rings. The van der Waals surface area contributed by atoms with E-state index >= 15 is 0 Å². The van der Waals surface area contributed by atoms with Crippen molar-refractivity contribution < 1.29 is 8.78 Å². The van der Waals surface area contributed by atoms with Crippen LogP contribution in [0.25, 0.3) is 16.9 Å². The molecule has 1 aliphatic heterocycles. The standard InChI is InChI=1S/C20H20F2N4O/c1-20(21,22)15-4-2-14(3-5-15)17-12-19(27)26-13-16(6-7-18(26)24-17)25-10-8-23-9-11-25/h2-7,12-13,23H,8-11H2,1H3. The van der Waals surface area contributed by atoms with Gasteiger partial charge in [0, 0.05) is 56.5 Å². The molecule has 0 radical (unpaired) electrons. The highest BCUT2D eigenvalue weighted by Crippen LogP contribution is 2.28. The molecule has 4 rings (SSSR count). The lowest BCUT2D eigenvalue weighted by atomic mass is 10.1. The largest absolute Gasteiger partial charge is 0.368 e. The van der Waals surface area contributed by atoms with Crippen molar-refractivity contribution in [2.75, 3.05) is 31.1 Å². The number of nitrogens with zero attached hydrogens (tertiary/aromatic N) is 3. The second-order valence-electron chi connectivity index (χ2n) is 6.80. The molecule has 140 valence electrons. The van der Waals surface area contributed by atoms with Crippen LogP contribution >= 0.6 is 0 Å². The molecule has 0 amide bonds. The Labute approximate surface area is 155 Å². The molecule has 7 heteroatoms. The van der Waals surface area contributed by atoms with Gasteiger partial charge in [0.15, 0.2) is 0 Å². The molecule has 1 fully saturated rings. The molecule has 2 aromatic heterocycles. The van der Waals surface area contributed by atoms with Crippen LogP contribution < -0.4 is 15.8 Å². The van der Waals surface area contributed by atoms with Crippen LogP contribution in [0.1, 0.15) is 12.5 Å². The Kier molecular flexibility index (Phi) is 4.39. The average Bonchev–Trinajstić information content (AvgIpc) is 2.68. The third kappa shape index (κ3) is 3.55. The van der Waals surface area contributed by atoms with Crippen LogP contribution in [0.5, 0.6) is 0 Å². The van der Waals surface area contributed by atoms with Gasteiger partial charge in [-0.2, -0.15) is 0 Å². The summed E-state index contributed by atoms with van der Waals surface area (Å²) in [5.41, 5.74) is 2.35. The number of pyridine rings is 1. The summed E-state index contributed by atoms with van der Waals surface area (Å²) in [6.07, 6.45) is 1.81. The van der Waals surface area contributed by atoms with Gasteiger partial charge in [-0.15, -0.1) is 0 Å². The van der Waals surface area contributed by atoms with Crippen molar-refractivity contribution in [2.45, 2.75) is 12.8 Å². The predicted octanol–water partition coefficient (Wildman–Crippen LogP) is 2.88. The number of alkyl halides is 2. The van der Waals surface area contributed by atoms with Crippen LogP contribution in [0.4, 0.5) is 14.5 Å². The molecule has 1 N–H and O–H groups in total. The number of rotatable bonds is 3. The summed E-state index contributed by atoms with van der Waals surface area (Å²) in [4.78, 5) is 19.4. The average molecular weight is 370 g/mol. The van der Waals surface area contributed by atoms with Gasteiger partial charge in [0.05, 0.1) is 11.4 Å². The summed E-state index contributed by atoms with van der Waals surface area (Å²) in [5.74, 6) is -2.89. The number of halogens is 2. The van der Waals surface area contributed by atoms with Crippen LogP contribution in [0.15, 0.2) is 53.5 Å². The molecular formula is C20H20F2N4O. The Morgan fingerprint density at radius 1 is 1.07 bits per heavy atom. The summed E-state index contributed by atoms with van der Waals surface area (Å²) in [6.45, 7) is 4.47. The van der Waals surface area contributed by atoms with Crippen LogP contribution in [-0.4, -0.2) is 35.6 Å². The molecule has 1 saturated heterocycles. The van der Waals surface area contributed by atoms with Crippen LogP contribution in [0.3, 0.4) is 0 Å². The number of hydrogen-bond acceptors (Lipinski definition) is 4. The summed E-state index contributed by atoms with van der Waals surface area (Å²) in [5, 5.41) is 3.30. The first kappa shape index (κ1) is 17.6. The van der Waals surface area contributed by atoms with E-state index in [1.54, 1.807) is 18.3 Å². The van der Waals surface area contributed by atoms with E-state index in [0.717, 1.165) is 38.8 Å². The quantitative estimate of drug-likeness (QED) is 0.770. The summed E-state index contributed by atoms with van der Waals surface area (Å²) in [7, 11) is 0. The van der Waals surface area contributed by atoms with Crippen molar-refractivity contribution in [3.8, 4) is 11.3 Å². The third-order valence-electron chi connectivity index (χ3n) is 4.81. The molecule has 3 aromatic rings. The zero-order chi connectivity index (χ0) is 19.0. The zero-order valence-corrected chi connectivity index (χ0v) is 15.0. The molecule has 0 atom stereocenters. The molecule has 0 aliphatic carbocycles. The minimum Gasteiger partial charge on any atom is -0.368 e. The van der Waals surface area contributed by atoms with E-state index in [0.29, 0.717) is 16.9 Å². The SMILES string of the molecule is CC(F)(F)c1ccc(-c2cc(=O)n3cc(N4CCNCC4)ccc3n2)cc1. The van der Waals surface area contributed by atoms with E-state index in [4.69, 9.17) is 0 Å². The van der Waals surface area contributed by atoms with Crippen molar-refractivity contribution in [3.63, 3.8) is 0 Å². The van der Waals surface area contributed by atoms with Crippen LogP contribution in [-0.2, 0) is 5.92 Å². The van der Waals surface area contributed by atoms with E-state index < -0.39 is 5.92 Å². The highest BCUT2D eigenvalue weighted by atomic mass is 19.3. The number of benzene rings is 1. The fraction of sp³-hybridized carbons (Fsp3) is 0.300. The number of nitrogens with one attached hydrogen (secondary N) is 1. The zero-order valence-electron chi connectivity index (χ0n) is 15.0. The Balaban J connectivity index is 1.70. The van der Waals surface area contributed by atoms with Gasteiger partial charge in [-0.25, -0.2) is 13.8 Å². The maximum atomic E-state index is 13.4. The second-order valence-corrected chi connectivity index (χ2v) is 6.80. The first-order valence-corrected chi connectivity index (χ1v) is 8.90. The highest BCUT2D eigenvalue weighted by molar-refractivity contribution is 5.63. The minimum absolute atomic E-state index is 0.0653. The fourth-order valence-electron chi connectivity index (χ4n) is 3.28. The number of hydrogen-bond donors (Lipinski definition) is 1. The van der Waals surface area contributed by atoms with Gasteiger partial charge in [-0.05, 0) is 12.1 Å². The maximum absolute atomic E-state index is 13.4. The van der Waals surface area contributed by atoms with Crippen molar-refractivity contribution >= 4 is 11.3 Å². The van der Waals surface area contributed by atoms with Gasteiger partial charge in [-0.3, -0.25) is 9.20 Å². The third-order valence-corrected chi connectivity index (χ3v) is 4.81. The van der Waals surface area contributed by atoms with E-state index in [1.165, 1.54) is 22.6 Å². The van der Waals surface area contributed by atoms with Crippen molar-refractivity contribution in [1.29, 1.82) is 0 Å². The Hall–Kier alpha value is -2.80. The fourth-order valence-corrected chi connectivity index (χ4v) is 3.28. The van der Waals surface area contributed by atoms with E-state index in [-0.39, 0.29) is 11.1 Å². The molecule has 0 bridgehead atoms. The van der Waals surface area contributed by atoms with Crippen molar-refractivity contribution in [2.24, 2.45) is 0 Å². The predicted molar refractivity (Wildman–Crippen MR) is 102 cm³/mol. The molecular weight excluding hydrogens is 350 g/mol. The molecule has 0 spiro atoms. The Morgan fingerprint density at radius 2 is 1.78 bits per heavy atom. The van der Waals surface area contributed by atoms with Gasteiger partial charge in [0.1, 0.15) is 5.65 Å². The topological polar surface area (TPSA) is 49.6 Å². The molecule has 1 aromatic carbocycles. The van der Waals surface area contributed by atoms with Crippen LogP contribution in [0.2, 0.25) is 0 Å². The number of piperazine rings is 1. The summed E-state index contributed by atoms with van der Waals surface area (Å²) in [6, 6.07) is 11.1. The lowest BCUT2D eigenvalue weighted by Crippen LogP contribution is -2.43. The monoisotopic (exact) mass is 370 g/mol. The number of aromatic nitrogens is 2. The van der Waals surface area contributed by atoms with Crippen molar-refractivity contribution in [3.05, 3.63) is 64.6 Å². The van der Waals surface area contributed by atoms with E-state index in [1.807, 2.05) is 12.1 Å². The summed E-state index contributed by atoms with van der Waals surface area (Å²) >= 11 is 0.